The van der Waals surface area contributed by atoms with Gasteiger partial charge >= 0.3 is 0 Å². The summed E-state index contributed by atoms with van der Waals surface area (Å²) in [4.78, 5) is 0. The number of rotatable bonds is 8. The van der Waals surface area contributed by atoms with Gasteiger partial charge in [0.2, 0.25) is 0 Å². The van der Waals surface area contributed by atoms with Crippen molar-refractivity contribution in [1.29, 1.82) is 0 Å². The molecule has 3 saturated carbocycles. The van der Waals surface area contributed by atoms with Gasteiger partial charge in [-0.2, -0.15) is 0 Å². The fourth-order valence-corrected chi connectivity index (χ4v) is 9.17. The second-order valence-electron chi connectivity index (χ2n) is 14.6. The monoisotopic (exact) mass is 574 g/mol. The Labute approximate surface area is 246 Å². The number of fused-ring (bicyclic) bond motifs is 5. The molecule has 7 heteroatoms. The minimum Gasteiger partial charge on any atom is -0.394 e. The molecule has 0 spiro atoms. The maximum absolute atomic E-state index is 10.3. The number of allylic oxidation sites excluding steroid dienone is 5. The van der Waals surface area contributed by atoms with E-state index < -0.39 is 37.3 Å². The van der Waals surface area contributed by atoms with E-state index >= 15 is 0 Å². The van der Waals surface area contributed by atoms with Crippen molar-refractivity contribution in [3.63, 3.8) is 0 Å². The Balaban J connectivity index is 1.19. The van der Waals surface area contributed by atoms with Gasteiger partial charge in [0.15, 0.2) is 6.29 Å². The highest BCUT2D eigenvalue weighted by Crippen LogP contribution is 2.66. The molecule has 0 aromatic carbocycles. The van der Waals surface area contributed by atoms with Gasteiger partial charge in [-0.25, -0.2) is 0 Å². The van der Waals surface area contributed by atoms with Crippen LogP contribution in [0.15, 0.2) is 35.5 Å². The number of ether oxygens (including phenoxy) is 2. The second kappa shape index (κ2) is 12.1. The Morgan fingerprint density at radius 2 is 1.68 bits per heavy atom. The first-order chi connectivity index (χ1) is 19.4. The van der Waals surface area contributed by atoms with E-state index in [2.05, 4.69) is 58.9 Å². The fourth-order valence-electron chi connectivity index (χ4n) is 9.17. The van der Waals surface area contributed by atoms with Gasteiger partial charge in [-0.15, -0.1) is 0 Å². The van der Waals surface area contributed by atoms with Gasteiger partial charge < -0.3 is 35.0 Å². The number of hydrogen-bond acceptors (Lipinski definition) is 7. The number of hydrogen-bond donors (Lipinski definition) is 5. The molecule has 0 aromatic rings. The van der Waals surface area contributed by atoms with Crippen molar-refractivity contribution in [1.82, 2.24) is 0 Å². The molecule has 7 nitrogen and oxygen atoms in total. The summed E-state index contributed by atoms with van der Waals surface area (Å²) in [5.41, 5.74) is 3.69. The van der Waals surface area contributed by atoms with Gasteiger partial charge in [0.1, 0.15) is 24.4 Å². The van der Waals surface area contributed by atoms with E-state index in [1.54, 1.807) is 5.57 Å². The van der Waals surface area contributed by atoms with Crippen molar-refractivity contribution < 1.29 is 35.0 Å². The molecule has 1 unspecified atom stereocenters. The van der Waals surface area contributed by atoms with Crippen LogP contribution in [0.2, 0.25) is 0 Å². The van der Waals surface area contributed by atoms with E-state index in [9.17, 15) is 25.5 Å². The molecule has 1 saturated heterocycles. The van der Waals surface area contributed by atoms with Crippen LogP contribution < -0.4 is 0 Å². The first-order valence-corrected chi connectivity index (χ1v) is 16.1. The van der Waals surface area contributed by atoms with Crippen LogP contribution in [0.3, 0.4) is 0 Å². The van der Waals surface area contributed by atoms with Gasteiger partial charge in [0.25, 0.3) is 0 Å². The maximum atomic E-state index is 10.3. The molecule has 41 heavy (non-hydrogen) atoms. The summed E-state index contributed by atoms with van der Waals surface area (Å²) >= 11 is 0. The molecule has 5 rings (SSSR count). The quantitative estimate of drug-likeness (QED) is 0.277. The molecule has 4 fully saturated rings. The summed E-state index contributed by atoms with van der Waals surface area (Å²) in [5.74, 6) is 2.78. The average Bonchev–Trinajstić information content (AvgIpc) is 3.31. The van der Waals surface area contributed by atoms with E-state index in [4.69, 9.17) is 9.47 Å². The molecular weight excluding hydrogens is 520 g/mol. The Bertz CT molecular complexity index is 1020. The maximum Gasteiger partial charge on any atom is 0.186 e. The summed E-state index contributed by atoms with van der Waals surface area (Å²) in [6.45, 7) is 11.5. The highest BCUT2D eigenvalue weighted by Gasteiger charge is 2.56. The highest BCUT2D eigenvalue weighted by molar-refractivity contribution is 5.39. The van der Waals surface area contributed by atoms with Crippen LogP contribution in [0.25, 0.3) is 0 Å². The Morgan fingerprint density at radius 1 is 0.927 bits per heavy atom. The lowest BCUT2D eigenvalue weighted by Gasteiger charge is -2.55. The molecule has 1 heterocycles. The zero-order valence-corrected chi connectivity index (χ0v) is 25.7. The third-order valence-electron chi connectivity index (χ3n) is 12.2. The van der Waals surface area contributed by atoms with E-state index in [0.717, 1.165) is 19.3 Å². The van der Waals surface area contributed by atoms with Crippen LogP contribution in [0, 0.1) is 46.3 Å². The molecule has 5 aliphatic rings. The molecule has 5 N–H and O–H groups in total. The van der Waals surface area contributed by atoms with Crippen LogP contribution in [0.4, 0.5) is 0 Å². The average molecular weight is 575 g/mol. The summed E-state index contributed by atoms with van der Waals surface area (Å²) in [7, 11) is 0. The van der Waals surface area contributed by atoms with Gasteiger partial charge in [0.05, 0.1) is 19.3 Å². The van der Waals surface area contributed by atoms with Gasteiger partial charge in [-0.1, -0.05) is 70.1 Å². The molecule has 0 amide bonds. The van der Waals surface area contributed by atoms with Crippen LogP contribution in [-0.4, -0.2) is 75.6 Å². The first kappa shape index (κ1) is 31.4. The summed E-state index contributed by atoms with van der Waals surface area (Å²) in [6, 6.07) is 0. The van der Waals surface area contributed by atoms with Crippen LogP contribution >= 0.6 is 0 Å². The lowest BCUT2D eigenvalue weighted by molar-refractivity contribution is -0.303. The van der Waals surface area contributed by atoms with Gasteiger partial charge in [-0.3, -0.25) is 0 Å². The highest BCUT2D eigenvalue weighted by atomic mass is 16.7. The van der Waals surface area contributed by atoms with Crippen molar-refractivity contribution in [2.45, 2.75) is 116 Å². The van der Waals surface area contributed by atoms with Crippen LogP contribution in [0.5, 0.6) is 0 Å². The van der Waals surface area contributed by atoms with Gasteiger partial charge in [-0.05, 0) is 91.3 Å². The number of aliphatic hydroxyl groups is 5. The molecule has 14 atom stereocenters. The van der Waals surface area contributed by atoms with E-state index in [1.807, 2.05) is 0 Å². The standard InChI is InChI=1S/C34H54O7/c1-19(21(3)18-40-32-31(39)30(38)29(37)28(17-35)41-32)6-7-20(2)25-10-11-26-24-9-8-22-16-23(36)12-14-33(22,4)27(24)13-15-34(25,26)5/h6-9,19-21,23,25-32,35-39H,10-18H2,1-5H3/b7-6+/t19-,20-,21?,23+,25-,26+,27+,28-,29-,30+,31-,32-,33+,34-/m1/s1. The molecule has 0 radical (unpaired) electrons. The largest absolute Gasteiger partial charge is 0.394 e. The van der Waals surface area contributed by atoms with E-state index in [0.29, 0.717) is 35.7 Å². The zero-order chi connectivity index (χ0) is 29.7. The smallest absolute Gasteiger partial charge is 0.186 e. The third kappa shape index (κ3) is 5.65. The predicted molar refractivity (Wildman–Crippen MR) is 158 cm³/mol. The Morgan fingerprint density at radius 3 is 2.41 bits per heavy atom. The normalized spacial score (nSPS) is 46.6. The fraction of sp³-hybridized carbons (Fsp3) is 0.824. The van der Waals surface area contributed by atoms with Crippen LogP contribution in [0.1, 0.15) is 79.6 Å². The summed E-state index contributed by atoms with van der Waals surface area (Å²) < 4.78 is 11.3. The van der Waals surface area contributed by atoms with Crippen molar-refractivity contribution in [3.05, 3.63) is 35.5 Å². The second-order valence-corrected chi connectivity index (χ2v) is 14.6. The SMILES string of the molecule is CC(CO[C@@H]1O[C@H](CO)[C@@H](O)[C@H](O)[C@H]1O)[C@H](C)/C=C/[C@@H](C)[C@H]1CC[C@H]2C3=CC=C4C[C@@H](O)CC[C@]4(C)[C@H]3CC[C@]12C. The lowest BCUT2D eigenvalue weighted by atomic mass is 9.50. The molecule has 0 aromatic heterocycles. The molecular formula is C34H54O7. The molecule has 4 aliphatic carbocycles. The molecule has 1 aliphatic heterocycles. The number of aliphatic hydroxyl groups excluding tert-OH is 5. The summed E-state index contributed by atoms with van der Waals surface area (Å²) in [5, 5.41) is 50.0. The van der Waals surface area contributed by atoms with E-state index in [1.165, 1.54) is 31.3 Å². The van der Waals surface area contributed by atoms with Crippen LogP contribution in [-0.2, 0) is 9.47 Å². The molecule has 0 bridgehead atoms. The predicted octanol–water partition coefficient (Wildman–Crippen LogP) is 4.13. The lowest BCUT2D eigenvalue weighted by Crippen LogP contribution is -2.59. The first-order valence-electron chi connectivity index (χ1n) is 16.1. The van der Waals surface area contributed by atoms with Crippen molar-refractivity contribution in [2.75, 3.05) is 13.2 Å². The third-order valence-corrected chi connectivity index (χ3v) is 12.2. The topological polar surface area (TPSA) is 120 Å². The Kier molecular flexibility index (Phi) is 9.29. The minimum atomic E-state index is -1.42. The van der Waals surface area contributed by atoms with E-state index in [-0.39, 0.29) is 23.4 Å². The zero-order valence-electron chi connectivity index (χ0n) is 25.7. The van der Waals surface area contributed by atoms with Gasteiger partial charge in [0, 0.05) is 0 Å². The summed E-state index contributed by atoms with van der Waals surface area (Å²) in [6.07, 6.45) is 11.0. The van der Waals surface area contributed by atoms with Crippen molar-refractivity contribution in [3.8, 4) is 0 Å². The molecule has 232 valence electrons. The Hall–Kier alpha value is -1.06. The minimum absolute atomic E-state index is 0.149. The van der Waals surface area contributed by atoms with Crippen molar-refractivity contribution >= 4 is 0 Å². The van der Waals surface area contributed by atoms with Crippen molar-refractivity contribution in [2.24, 2.45) is 46.3 Å².